The molecule has 31 heavy (non-hydrogen) atoms. The van der Waals surface area contributed by atoms with Crippen LogP contribution < -0.4 is 5.32 Å². The van der Waals surface area contributed by atoms with Crippen LogP contribution in [0.2, 0.25) is 0 Å². The lowest BCUT2D eigenvalue weighted by molar-refractivity contribution is -0.141. The second-order valence-corrected chi connectivity index (χ2v) is 8.87. The van der Waals surface area contributed by atoms with Gasteiger partial charge in [-0.25, -0.2) is 0 Å². The topological polar surface area (TPSA) is 58.6 Å². The van der Waals surface area contributed by atoms with Gasteiger partial charge < -0.3 is 15.0 Å². The smallest absolute Gasteiger partial charge is 0.302 e. The number of nitrogens with one attached hydrogen (secondary N) is 1. The summed E-state index contributed by atoms with van der Waals surface area (Å²) in [6, 6.07) is 5.54. The van der Waals surface area contributed by atoms with Gasteiger partial charge in [0.25, 0.3) is 5.91 Å². The number of carbonyl (C=O) groups is 2. The van der Waals surface area contributed by atoms with Crippen LogP contribution in [0.15, 0.2) is 29.6 Å². The number of hydrogen-bond donors (Lipinski definition) is 1. The van der Waals surface area contributed by atoms with Crippen molar-refractivity contribution in [3.05, 3.63) is 46.3 Å². The minimum atomic E-state index is -0.233. The highest BCUT2D eigenvalue weighted by atomic mass is 35.5. The molecule has 1 aromatic carbocycles. The maximum absolute atomic E-state index is 13.1. The van der Waals surface area contributed by atoms with Gasteiger partial charge in [-0.1, -0.05) is 6.07 Å². The van der Waals surface area contributed by atoms with Gasteiger partial charge in [-0.15, -0.1) is 23.2 Å². The van der Waals surface area contributed by atoms with Crippen LogP contribution in [0.3, 0.4) is 0 Å². The Hall–Kier alpha value is -1.72. The van der Waals surface area contributed by atoms with Crippen LogP contribution in [0.25, 0.3) is 0 Å². The first-order valence-electron chi connectivity index (χ1n) is 11.2. The molecule has 1 aliphatic carbocycles. The van der Waals surface area contributed by atoms with Gasteiger partial charge >= 0.3 is 5.97 Å². The van der Waals surface area contributed by atoms with Crippen LogP contribution in [-0.4, -0.2) is 36.5 Å². The lowest BCUT2D eigenvalue weighted by Gasteiger charge is -2.35. The highest BCUT2D eigenvalue weighted by molar-refractivity contribution is 6.18. The number of ether oxygens (including phenoxy) is 1. The minimum absolute atomic E-state index is 0.0975. The van der Waals surface area contributed by atoms with Gasteiger partial charge in [-0.05, 0) is 68.2 Å². The van der Waals surface area contributed by atoms with Crippen molar-refractivity contribution in [2.45, 2.75) is 63.6 Å². The number of carbonyl (C=O) groups excluding carboxylic acids is 2. The highest BCUT2D eigenvalue weighted by Gasteiger charge is 2.30. The molecule has 0 radical (unpaired) electrons. The molecule has 1 aromatic rings. The molecule has 1 heterocycles. The maximum atomic E-state index is 13.1. The molecule has 3 rings (SSSR count). The van der Waals surface area contributed by atoms with Crippen LogP contribution in [-0.2, 0) is 21.3 Å². The number of hydrogen-bond acceptors (Lipinski definition) is 4. The Morgan fingerprint density at radius 2 is 1.87 bits per heavy atom. The van der Waals surface area contributed by atoms with Gasteiger partial charge in [-0.2, -0.15) is 0 Å². The van der Waals surface area contributed by atoms with E-state index in [4.69, 9.17) is 27.9 Å². The van der Waals surface area contributed by atoms with Crippen LogP contribution >= 0.6 is 23.2 Å². The highest BCUT2D eigenvalue weighted by Crippen LogP contribution is 2.36. The lowest BCUT2D eigenvalue weighted by atomic mass is 9.85. The van der Waals surface area contributed by atoms with Gasteiger partial charge in [0.05, 0.1) is 6.61 Å². The number of esters is 1. The number of rotatable bonds is 9. The normalized spacial score (nSPS) is 18.9. The van der Waals surface area contributed by atoms with Gasteiger partial charge in [0, 0.05) is 54.6 Å². The molecule has 7 heteroatoms. The van der Waals surface area contributed by atoms with Crippen molar-refractivity contribution in [3.63, 3.8) is 0 Å². The Labute approximate surface area is 195 Å². The monoisotopic (exact) mass is 466 g/mol. The Kier molecular flexibility index (Phi) is 9.09. The second kappa shape index (κ2) is 11.8. The van der Waals surface area contributed by atoms with E-state index in [-0.39, 0.29) is 11.9 Å². The van der Waals surface area contributed by atoms with E-state index < -0.39 is 0 Å². The molecule has 0 spiro atoms. The summed E-state index contributed by atoms with van der Waals surface area (Å²) in [5.74, 6) is 0.760. The van der Waals surface area contributed by atoms with Crippen LogP contribution in [0.1, 0.15) is 73.4 Å². The zero-order valence-corrected chi connectivity index (χ0v) is 19.7. The molecule has 1 amide bonds. The van der Waals surface area contributed by atoms with Gasteiger partial charge in [0.1, 0.15) is 0 Å². The fourth-order valence-electron chi connectivity index (χ4n) is 4.63. The minimum Gasteiger partial charge on any atom is -0.466 e. The summed E-state index contributed by atoms with van der Waals surface area (Å²) in [4.78, 5) is 26.6. The largest absolute Gasteiger partial charge is 0.466 e. The number of halogens is 2. The molecule has 2 aliphatic rings. The van der Waals surface area contributed by atoms with E-state index in [1.807, 2.05) is 18.2 Å². The average molecular weight is 467 g/mol. The molecule has 1 aliphatic heterocycles. The quantitative estimate of drug-likeness (QED) is 0.302. The molecular weight excluding hydrogens is 435 g/mol. The molecule has 170 valence electrons. The first-order valence-corrected chi connectivity index (χ1v) is 12.3. The molecule has 1 fully saturated rings. The van der Waals surface area contributed by atoms with Crippen molar-refractivity contribution in [1.82, 2.24) is 10.2 Å². The summed E-state index contributed by atoms with van der Waals surface area (Å²) < 4.78 is 5.13. The summed E-state index contributed by atoms with van der Waals surface area (Å²) >= 11 is 12.0. The van der Waals surface area contributed by atoms with E-state index in [1.165, 1.54) is 25.5 Å². The van der Waals surface area contributed by atoms with Crippen molar-refractivity contribution < 1.29 is 14.3 Å². The average Bonchev–Trinajstić information content (AvgIpc) is 3.30. The Balaban J connectivity index is 1.78. The zero-order chi connectivity index (χ0) is 22.2. The maximum Gasteiger partial charge on any atom is 0.302 e. The second-order valence-electron chi connectivity index (χ2n) is 8.33. The third-order valence-electron chi connectivity index (χ3n) is 6.15. The molecule has 1 N–H and O–H groups in total. The molecular formula is C24H32Cl2N2O3. The van der Waals surface area contributed by atoms with E-state index in [0.29, 0.717) is 29.8 Å². The molecule has 0 bridgehead atoms. The molecule has 1 atom stereocenters. The van der Waals surface area contributed by atoms with Crippen molar-refractivity contribution in [1.29, 1.82) is 0 Å². The van der Waals surface area contributed by atoms with Crippen molar-refractivity contribution >= 4 is 35.1 Å². The van der Waals surface area contributed by atoms with E-state index in [9.17, 15) is 9.59 Å². The molecule has 1 unspecified atom stereocenters. The van der Waals surface area contributed by atoms with E-state index in [2.05, 4.69) is 10.2 Å². The SMILES string of the molecule is CC(=O)OCCCC1CCCC(NC(=O)c2ccc(CCl)c(CCl)c2)=C1N1CCCC1. The number of alkyl halides is 2. The third kappa shape index (κ3) is 6.39. The first kappa shape index (κ1) is 23.9. The van der Waals surface area contributed by atoms with Crippen molar-refractivity contribution in [3.8, 4) is 0 Å². The van der Waals surface area contributed by atoms with E-state index >= 15 is 0 Å². The number of likely N-dealkylation sites (tertiary alicyclic amines) is 1. The van der Waals surface area contributed by atoms with Crippen LogP contribution in [0.4, 0.5) is 0 Å². The first-order chi connectivity index (χ1) is 15.0. The molecule has 1 saturated heterocycles. The Bertz CT molecular complexity index is 819. The summed E-state index contributed by atoms with van der Waals surface area (Å²) in [6.45, 7) is 3.97. The van der Waals surface area contributed by atoms with E-state index in [1.54, 1.807) is 0 Å². The summed E-state index contributed by atoms with van der Waals surface area (Å²) in [6.07, 6.45) is 7.18. The standard InChI is InChI=1S/C24H32Cl2N2O3/c1-17(29)31-13-5-7-18-6-4-8-22(23(18)28-11-2-3-12-28)27-24(30)19-9-10-20(15-25)21(14-19)16-26/h9-10,14,18H,2-8,11-13,15-16H2,1H3,(H,27,30). The number of nitrogens with zero attached hydrogens (tertiary/aromatic N) is 1. The number of allylic oxidation sites excluding steroid dienone is 2. The van der Waals surface area contributed by atoms with Gasteiger partial charge in [-0.3, -0.25) is 9.59 Å². The molecule has 5 nitrogen and oxygen atoms in total. The lowest BCUT2D eigenvalue weighted by Crippen LogP contribution is -2.35. The summed E-state index contributed by atoms with van der Waals surface area (Å²) in [5.41, 5.74) is 4.79. The fourth-order valence-corrected chi connectivity index (χ4v) is 5.14. The Morgan fingerprint density at radius 3 is 2.55 bits per heavy atom. The molecule has 0 aromatic heterocycles. The fraction of sp³-hybridized carbons (Fsp3) is 0.583. The zero-order valence-electron chi connectivity index (χ0n) is 18.2. The van der Waals surface area contributed by atoms with Crippen LogP contribution in [0, 0.1) is 5.92 Å². The molecule has 0 saturated carbocycles. The van der Waals surface area contributed by atoms with E-state index in [0.717, 1.165) is 62.0 Å². The Morgan fingerprint density at radius 1 is 1.13 bits per heavy atom. The number of benzene rings is 1. The third-order valence-corrected chi connectivity index (χ3v) is 6.72. The van der Waals surface area contributed by atoms with Gasteiger partial charge in [0.2, 0.25) is 0 Å². The summed E-state index contributed by atoms with van der Waals surface area (Å²) in [7, 11) is 0. The van der Waals surface area contributed by atoms with Crippen molar-refractivity contribution in [2.24, 2.45) is 5.92 Å². The van der Waals surface area contributed by atoms with Crippen molar-refractivity contribution in [2.75, 3.05) is 19.7 Å². The predicted molar refractivity (Wildman–Crippen MR) is 124 cm³/mol. The summed E-state index contributed by atoms with van der Waals surface area (Å²) in [5, 5.41) is 3.23. The van der Waals surface area contributed by atoms with Gasteiger partial charge in [0.15, 0.2) is 0 Å². The predicted octanol–water partition coefficient (Wildman–Crippen LogP) is 5.34. The van der Waals surface area contributed by atoms with Crippen LogP contribution in [0.5, 0.6) is 0 Å². The number of amides is 1.